The number of nitrogens with zero attached hydrogens (tertiary/aromatic N) is 1. The van der Waals surface area contributed by atoms with E-state index in [1.54, 1.807) is 19.1 Å². The molecular weight excluding hydrogens is 530 g/mol. The Morgan fingerprint density at radius 1 is 1.30 bits per heavy atom. The van der Waals surface area contributed by atoms with E-state index in [1.165, 1.54) is 23.5 Å². The Labute approximate surface area is 194 Å². The van der Waals surface area contributed by atoms with Crippen molar-refractivity contribution in [3.05, 3.63) is 52.2 Å². The number of alkyl halides is 3. The molecule has 1 fully saturated rings. The summed E-state index contributed by atoms with van der Waals surface area (Å²) in [6.07, 6.45) is -4.05. The molecule has 1 aromatic carbocycles. The van der Waals surface area contributed by atoms with Gasteiger partial charge in [-0.3, -0.25) is 0 Å². The van der Waals surface area contributed by atoms with Gasteiger partial charge in [-0.2, -0.15) is 11.3 Å². The number of aliphatic imine (C=N–C) groups is 1. The van der Waals surface area contributed by atoms with E-state index < -0.39 is 12.0 Å². The first-order valence-electron chi connectivity index (χ1n) is 9.34. The highest BCUT2D eigenvalue weighted by Gasteiger charge is 2.42. The molecule has 5 nitrogen and oxygen atoms in total. The van der Waals surface area contributed by atoms with Crippen LogP contribution in [0, 0.1) is 0 Å². The van der Waals surface area contributed by atoms with Gasteiger partial charge >= 0.3 is 6.36 Å². The molecule has 0 radical (unpaired) electrons. The fourth-order valence-corrected chi connectivity index (χ4v) is 3.88. The summed E-state index contributed by atoms with van der Waals surface area (Å²) < 4.78 is 42.1. The molecule has 1 aliphatic rings. The first-order valence-corrected chi connectivity index (χ1v) is 10.3. The van der Waals surface area contributed by atoms with Crippen LogP contribution < -0.4 is 15.4 Å². The Kier molecular flexibility index (Phi) is 8.40. The molecule has 0 aliphatic heterocycles. The third kappa shape index (κ3) is 6.74. The highest BCUT2D eigenvalue weighted by atomic mass is 127. The molecule has 1 aliphatic carbocycles. The van der Waals surface area contributed by atoms with Gasteiger partial charge in [-0.1, -0.05) is 18.2 Å². The summed E-state index contributed by atoms with van der Waals surface area (Å²) in [5, 5.41) is 20.8. The predicted octanol–water partition coefficient (Wildman–Crippen LogP) is 4.58. The number of aliphatic hydroxyl groups is 1. The molecule has 1 aromatic heterocycles. The predicted molar refractivity (Wildman–Crippen MR) is 123 cm³/mol. The number of benzene rings is 1. The summed E-state index contributed by atoms with van der Waals surface area (Å²) >= 11 is 1.50. The van der Waals surface area contributed by atoms with Crippen LogP contribution in [-0.2, 0) is 5.60 Å². The van der Waals surface area contributed by atoms with Crippen molar-refractivity contribution < 1.29 is 23.0 Å². The lowest BCUT2D eigenvalue weighted by molar-refractivity contribution is -0.274. The normalized spacial score (nSPS) is 20.7. The Bertz CT molecular complexity index is 844. The van der Waals surface area contributed by atoms with E-state index in [0.717, 1.165) is 5.56 Å². The van der Waals surface area contributed by atoms with E-state index in [0.29, 0.717) is 24.5 Å². The van der Waals surface area contributed by atoms with Gasteiger partial charge in [0.15, 0.2) is 5.96 Å². The summed E-state index contributed by atoms with van der Waals surface area (Å²) in [6.45, 7) is 4.40. The van der Waals surface area contributed by atoms with Gasteiger partial charge in [0, 0.05) is 18.5 Å². The molecule has 0 amide bonds. The van der Waals surface area contributed by atoms with Gasteiger partial charge in [-0.25, -0.2) is 4.99 Å². The van der Waals surface area contributed by atoms with Crippen LogP contribution >= 0.6 is 35.3 Å². The van der Waals surface area contributed by atoms with Crippen LogP contribution in [0.4, 0.5) is 13.2 Å². The van der Waals surface area contributed by atoms with Crippen molar-refractivity contribution >= 4 is 41.3 Å². The summed E-state index contributed by atoms with van der Waals surface area (Å²) in [5.74, 6) is 0.246. The van der Waals surface area contributed by atoms with Crippen LogP contribution in [0.15, 0.2) is 46.1 Å². The number of guanidine groups is 1. The Morgan fingerprint density at radius 3 is 2.67 bits per heavy atom. The smallest absolute Gasteiger partial charge is 0.405 e. The van der Waals surface area contributed by atoms with Crippen molar-refractivity contribution in [2.24, 2.45) is 4.99 Å². The second-order valence-corrected chi connectivity index (χ2v) is 7.94. The number of ether oxygens (including phenoxy) is 1. The molecule has 3 N–H and O–H groups in total. The fourth-order valence-electron chi connectivity index (χ4n) is 3.09. The number of thiophene rings is 1. The van der Waals surface area contributed by atoms with E-state index in [4.69, 9.17) is 0 Å². The van der Waals surface area contributed by atoms with Crippen LogP contribution in [0.2, 0.25) is 0 Å². The topological polar surface area (TPSA) is 65.9 Å². The van der Waals surface area contributed by atoms with E-state index in [1.807, 2.05) is 23.8 Å². The lowest BCUT2D eigenvalue weighted by Gasteiger charge is -2.21. The average molecular weight is 555 g/mol. The van der Waals surface area contributed by atoms with Crippen molar-refractivity contribution in [1.29, 1.82) is 0 Å². The summed E-state index contributed by atoms with van der Waals surface area (Å²) in [4.78, 5) is 4.47. The zero-order chi connectivity index (χ0) is 21.1. The van der Waals surface area contributed by atoms with E-state index >= 15 is 0 Å². The van der Waals surface area contributed by atoms with Gasteiger partial charge in [0.25, 0.3) is 0 Å². The molecule has 0 saturated heterocycles. The van der Waals surface area contributed by atoms with Crippen LogP contribution in [0.5, 0.6) is 5.75 Å². The summed E-state index contributed by atoms with van der Waals surface area (Å²) in [5.41, 5.74) is 0.214. The number of halogens is 4. The zero-order valence-corrected chi connectivity index (χ0v) is 19.7. The molecule has 1 saturated carbocycles. The second-order valence-electron chi connectivity index (χ2n) is 7.16. The molecule has 10 heteroatoms. The zero-order valence-electron chi connectivity index (χ0n) is 16.6. The van der Waals surface area contributed by atoms with Crippen molar-refractivity contribution in [3.8, 4) is 5.75 Å². The minimum atomic E-state index is -4.72. The van der Waals surface area contributed by atoms with Crippen LogP contribution in [0.25, 0.3) is 0 Å². The van der Waals surface area contributed by atoms with Gasteiger partial charge in [0.2, 0.25) is 0 Å². The van der Waals surface area contributed by atoms with Crippen LogP contribution in [0.1, 0.15) is 37.3 Å². The Morgan fingerprint density at radius 2 is 2.03 bits per heavy atom. The van der Waals surface area contributed by atoms with Crippen molar-refractivity contribution in [2.45, 2.75) is 44.2 Å². The molecular formula is C20H25F3IN3O2S. The van der Waals surface area contributed by atoms with Crippen molar-refractivity contribution in [1.82, 2.24) is 10.6 Å². The number of rotatable bonds is 7. The summed E-state index contributed by atoms with van der Waals surface area (Å²) in [6, 6.07) is 8.00. The first kappa shape index (κ1) is 24.7. The summed E-state index contributed by atoms with van der Waals surface area (Å²) in [7, 11) is 0. The molecule has 0 bridgehead atoms. The number of nitrogens with one attached hydrogen (secondary N) is 2. The van der Waals surface area contributed by atoms with E-state index in [9.17, 15) is 18.3 Å². The third-order valence-corrected chi connectivity index (χ3v) is 5.37. The Balaban J connectivity index is 0.00000320. The molecule has 2 aromatic rings. The van der Waals surface area contributed by atoms with Crippen LogP contribution in [-0.4, -0.2) is 36.6 Å². The fraction of sp³-hybridized carbons (Fsp3) is 0.450. The Hall–Kier alpha value is -1.53. The van der Waals surface area contributed by atoms with E-state index in [2.05, 4.69) is 20.4 Å². The molecule has 1 heterocycles. The van der Waals surface area contributed by atoms with Gasteiger partial charge in [0.1, 0.15) is 11.4 Å². The van der Waals surface area contributed by atoms with Crippen molar-refractivity contribution in [3.63, 3.8) is 0 Å². The molecule has 0 spiro atoms. The van der Waals surface area contributed by atoms with E-state index in [-0.39, 0.29) is 48.2 Å². The number of para-hydroxylation sites is 1. The van der Waals surface area contributed by atoms with Gasteiger partial charge < -0.3 is 20.5 Å². The standard InChI is InChI=1S/C20H24F3N3O2S.HI/c1-3-24-18(25-12-19(2,27)13-8-9-29-11-13)26-16-10-15(16)14-6-4-5-7-17(14)28-20(21,22)23;/h4-9,11,15-16,27H,3,10,12H2,1-2H3,(H2,24,25,26);1H. The molecule has 3 rings (SSSR count). The third-order valence-electron chi connectivity index (χ3n) is 4.69. The lowest BCUT2D eigenvalue weighted by atomic mass is 10.00. The largest absolute Gasteiger partial charge is 0.573 e. The second kappa shape index (κ2) is 10.2. The minimum absolute atomic E-state index is 0. The first-order chi connectivity index (χ1) is 13.7. The maximum atomic E-state index is 12.7. The molecule has 3 unspecified atom stereocenters. The van der Waals surface area contributed by atoms with Gasteiger partial charge in [0.05, 0.1) is 6.54 Å². The maximum Gasteiger partial charge on any atom is 0.573 e. The SMILES string of the molecule is CCNC(=NCC(C)(O)c1ccsc1)NC1CC1c1ccccc1OC(F)(F)F.I. The maximum absolute atomic E-state index is 12.7. The molecule has 3 atom stereocenters. The molecule has 166 valence electrons. The molecule has 30 heavy (non-hydrogen) atoms. The lowest BCUT2D eigenvalue weighted by Crippen LogP contribution is -2.40. The quantitative estimate of drug-likeness (QED) is 0.266. The number of hydrogen-bond acceptors (Lipinski definition) is 4. The van der Waals surface area contributed by atoms with Crippen LogP contribution in [0.3, 0.4) is 0 Å². The van der Waals surface area contributed by atoms with Gasteiger partial charge in [-0.15, -0.1) is 37.1 Å². The van der Waals surface area contributed by atoms with Gasteiger partial charge in [-0.05, 0) is 54.3 Å². The van der Waals surface area contributed by atoms with Crippen molar-refractivity contribution in [2.75, 3.05) is 13.1 Å². The minimum Gasteiger partial charge on any atom is -0.405 e. The highest BCUT2D eigenvalue weighted by Crippen LogP contribution is 2.45. The average Bonchev–Trinajstić information content (AvgIpc) is 3.15. The number of hydrogen-bond donors (Lipinski definition) is 3. The highest BCUT2D eigenvalue weighted by molar-refractivity contribution is 14.0. The monoisotopic (exact) mass is 555 g/mol.